The Labute approximate surface area is 84.9 Å². The lowest BCUT2D eigenvalue weighted by atomic mass is 10.1. The van der Waals surface area contributed by atoms with Crippen LogP contribution in [-0.2, 0) is 14.3 Å². The highest BCUT2D eigenvalue weighted by atomic mass is 16.6. The molecule has 1 saturated heterocycles. The normalized spacial score (nSPS) is 19.5. The summed E-state index contributed by atoms with van der Waals surface area (Å²) >= 11 is 0. The van der Waals surface area contributed by atoms with Crippen molar-refractivity contribution in [3.63, 3.8) is 0 Å². The summed E-state index contributed by atoms with van der Waals surface area (Å²) in [4.78, 5) is 22.5. The van der Waals surface area contributed by atoms with Gasteiger partial charge in [-0.05, 0) is 12.1 Å². The molecule has 5 nitrogen and oxygen atoms in total. The molecule has 73 valence electrons. The van der Waals surface area contributed by atoms with E-state index >= 15 is 0 Å². The predicted octanol–water partition coefficient (Wildman–Crippen LogP) is 0.478. The van der Waals surface area contributed by atoms with E-state index in [9.17, 15) is 9.59 Å². The average molecular weight is 201 g/mol. The van der Waals surface area contributed by atoms with Gasteiger partial charge in [-0.3, -0.25) is 4.79 Å². The average Bonchev–Trinajstić information content (AvgIpc) is 2.52. The number of esters is 1. The summed E-state index contributed by atoms with van der Waals surface area (Å²) < 4.78 is 4.58. The summed E-state index contributed by atoms with van der Waals surface area (Å²) in [5.74, 6) is -0.937. The molecule has 15 heavy (non-hydrogen) atoms. The number of hydrazone groups is 1. The quantitative estimate of drug-likeness (QED) is 0.621. The minimum absolute atomic E-state index is 0.0452. The molecule has 3 rings (SSSR count). The van der Waals surface area contributed by atoms with Gasteiger partial charge in [-0.2, -0.15) is 10.1 Å². The molecule has 0 aliphatic carbocycles. The lowest BCUT2D eigenvalue weighted by Crippen LogP contribution is -2.41. The molecule has 0 aromatic heterocycles. The molecule has 0 saturated carbocycles. The molecule has 0 N–H and O–H groups in total. The fourth-order valence-corrected chi connectivity index (χ4v) is 1.45. The topological polar surface area (TPSA) is 59.0 Å². The molecular weight excluding hydrogens is 196 g/mol. The minimum atomic E-state index is -0.545. The van der Waals surface area contributed by atoms with E-state index in [4.69, 9.17) is 0 Å². The molecule has 1 radical (unpaired) electrons. The van der Waals surface area contributed by atoms with Crippen molar-refractivity contribution >= 4 is 23.3 Å². The number of fused-ring (bicyclic) bond motifs is 1. The van der Waals surface area contributed by atoms with Gasteiger partial charge in [0.15, 0.2) is 0 Å². The Bertz CT molecular complexity index is 481. The predicted molar refractivity (Wildman–Crippen MR) is 50.7 cm³/mol. The second kappa shape index (κ2) is 2.66. The number of para-hydroxylation sites is 1. The molecule has 0 bridgehead atoms. The third-order valence-electron chi connectivity index (χ3n) is 2.19. The number of nitrogens with zero attached hydrogens (tertiary/aromatic N) is 2. The van der Waals surface area contributed by atoms with Crippen molar-refractivity contribution < 1.29 is 14.3 Å². The van der Waals surface area contributed by atoms with Crippen molar-refractivity contribution in [2.75, 3.05) is 5.01 Å². The molecule has 0 spiro atoms. The number of ether oxygens (including phenoxy) is 1. The standard InChI is InChI=1S/C10H5N2O3/c13-9-8-7(10(14)15-8)11-12(9)6-4-2-1-3-5-6/h1-5H. The van der Waals surface area contributed by atoms with Crippen LogP contribution >= 0.6 is 0 Å². The molecule has 2 aliphatic heterocycles. The first-order valence-electron chi connectivity index (χ1n) is 4.35. The van der Waals surface area contributed by atoms with Crippen LogP contribution in [0.5, 0.6) is 0 Å². The summed E-state index contributed by atoms with van der Waals surface area (Å²) in [7, 11) is 0. The van der Waals surface area contributed by atoms with E-state index in [0.717, 1.165) is 5.01 Å². The molecule has 1 fully saturated rings. The van der Waals surface area contributed by atoms with Gasteiger partial charge in [0.25, 0.3) is 6.10 Å². The molecule has 2 heterocycles. The summed E-state index contributed by atoms with van der Waals surface area (Å²) in [5.41, 5.74) is 0.733. The van der Waals surface area contributed by atoms with Crippen LogP contribution in [0.15, 0.2) is 35.4 Å². The van der Waals surface area contributed by atoms with Gasteiger partial charge in [-0.25, -0.2) is 4.79 Å². The maximum absolute atomic E-state index is 11.6. The lowest BCUT2D eigenvalue weighted by Gasteiger charge is -2.17. The fourth-order valence-electron chi connectivity index (χ4n) is 1.45. The fraction of sp³-hybridized carbons (Fsp3) is 0. The first kappa shape index (κ1) is 8.16. The van der Waals surface area contributed by atoms with E-state index < -0.39 is 11.9 Å². The summed E-state index contributed by atoms with van der Waals surface area (Å²) in [5, 5.41) is 5.04. The number of hydrogen-bond donors (Lipinski definition) is 0. The monoisotopic (exact) mass is 201 g/mol. The van der Waals surface area contributed by atoms with Crippen molar-refractivity contribution in [3.05, 3.63) is 36.4 Å². The van der Waals surface area contributed by atoms with Gasteiger partial charge in [0, 0.05) is 0 Å². The molecule has 0 atom stereocenters. The number of carbonyl (C=O) groups excluding carboxylic acids is 2. The van der Waals surface area contributed by atoms with Gasteiger partial charge in [0.1, 0.15) is 0 Å². The van der Waals surface area contributed by atoms with E-state index in [0.29, 0.717) is 5.69 Å². The first-order chi connectivity index (χ1) is 7.27. The molecular formula is C10H5N2O3. The highest BCUT2D eigenvalue weighted by Crippen LogP contribution is 2.31. The van der Waals surface area contributed by atoms with Gasteiger partial charge in [0.2, 0.25) is 5.71 Å². The van der Waals surface area contributed by atoms with E-state index in [1.54, 1.807) is 24.3 Å². The maximum atomic E-state index is 11.6. The number of anilines is 1. The summed E-state index contributed by atoms with van der Waals surface area (Å²) in [6, 6.07) is 8.88. The van der Waals surface area contributed by atoms with Crippen molar-refractivity contribution in [1.29, 1.82) is 0 Å². The molecule has 1 aromatic carbocycles. The Morgan fingerprint density at radius 1 is 1.13 bits per heavy atom. The van der Waals surface area contributed by atoms with E-state index in [-0.39, 0.29) is 11.8 Å². The summed E-state index contributed by atoms with van der Waals surface area (Å²) in [6.45, 7) is 0. The van der Waals surface area contributed by atoms with Gasteiger partial charge >= 0.3 is 11.9 Å². The third-order valence-corrected chi connectivity index (χ3v) is 2.19. The Hall–Kier alpha value is -2.17. The van der Waals surface area contributed by atoms with Crippen LogP contribution in [0.25, 0.3) is 0 Å². The Morgan fingerprint density at radius 3 is 2.47 bits per heavy atom. The SMILES string of the molecule is O=C1O[C]2C(=O)N(c3ccccc3)N=C21. The molecule has 1 amide bonds. The van der Waals surface area contributed by atoms with Crippen molar-refractivity contribution in [2.45, 2.75) is 0 Å². The van der Waals surface area contributed by atoms with Gasteiger partial charge in [-0.1, -0.05) is 18.2 Å². The van der Waals surface area contributed by atoms with Crippen LogP contribution < -0.4 is 5.01 Å². The number of carbonyl (C=O) groups is 2. The largest absolute Gasteiger partial charge is 0.432 e. The highest BCUT2D eigenvalue weighted by Gasteiger charge is 2.53. The van der Waals surface area contributed by atoms with Crippen LogP contribution in [0, 0.1) is 6.10 Å². The number of hydrogen-bond acceptors (Lipinski definition) is 4. The van der Waals surface area contributed by atoms with Crippen molar-refractivity contribution in [1.82, 2.24) is 0 Å². The number of benzene rings is 1. The van der Waals surface area contributed by atoms with Gasteiger partial charge in [-0.15, -0.1) is 0 Å². The zero-order valence-electron chi connectivity index (χ0n) is 7.51. The molecule has 0 unspecified atom stereocenters. The number of amides is 1. The molecule has 1 aromatic rings. The molecule has 2 aliphatic rings. The highest BCUT2D eigenvalue weighted by molar-refractivity contribution is 6.56. The Morgan fingerprint density at radius 2 is 1.87 bits per heavy atom. The van der Waals surface area contributed by atoms with Crippen LogP contribution in [-0.4, -0.2) is 17.6 Å². The van der Waals surface area contributed by atoms with Gasteiger partial charge < -0.3 is 4.74 Å². The minimum Gasteiger partial charge on any atom is -0.432 e. The third kappa shape index (κ3) is 0.999. The second-order valence-electron chi connectivity index (χ2n) is 3.12. The zero-order valence-corrected chi connectivity index (χ0v) is 7.51. The Kier molecular flexibility index (Phi) is 1.45. The smallest absolute Gasteiger partial charge is 0.361 e. The summed E-state index contributed by atoms with van der Waals surface area (Å²) in [6.07, 6.45) is 0.0452. The van der Waals surface area contributed by atoms with E-state index in [1.165, 1.54) is 0 Å². The second-order valence-corrected chi connectivity index (χ2v) is 3.12. The zero-order chi connectivity index (χ0) is 10.4. The first-order valence-corrected chi connectivity index (χ1v) is 4.35. The van der Waals surface area contributed by atoms with E-state index in [1.807, 2.05) is 6.07 Å². The molecule has 5 heteroatoms. The van der Waals surface area contributed by atoms with Crippen LogP contribution in [0.4, 0.5) is 5.69 Å². The van der Waals surface area contributed by atoms with Crippen LogP contribution in [0.2, 0.25) is 0 Å². The van der Waals surface area contributed by atoms with Crippen molar-refractivity contribution in [2.24, 2.45) is 5.10 Å². The lowest BCUT2D eigenvalue weighted by molar-refractivity contribution is -0.143. The van der Waals surface area contributed by atoms with Crippen LogP contribution in [0.1, 0.15) is 0 Å². The van der Waals surface area contributed by atoms with Gasteiger partial charge in [0.05, 0.1) is 5.69 Å². The van der Waals surface area contributed by atoms with E-state index in [2.05, 4.69) is 9.84 Å². The van der Waals surface area contributed by atoms with Crippen LogP contribution in [0.3, 0.4) is 0 Å². The number of rotatable bonds is 1. The Balaban J connectivity index is 1.99. The van der Waals surface area contributed by atoms with Crippen molar-refractivity contribution in [3.8, 4) is 0 Å². The maximum Gasteiger partial charge on any atom is 0.361 e.